The van der Waals surface area contributed by atoms with Crippen molar-refractivity contribution in [3.8, 4) is 0 Å². The predicted molar refractivity (Wildman–Crippen MR) is 80.7 cm³/mol. The molecule has 1 amide bonds. The molecule has 2 rings (SSSR count). The highest BCUT2D eigenvalue weighted by Crippen LogP contribution is 2.23. The van der Waals surface area contributed by atoms with Gasteiger partial charge in [0, 0.05) is 6.20 Å². The van der Waals surface area contributed by atoms with Gasteiger partial charge in [-0.15, -0.1) is 0 Å². The lowest BCUT2D eigenvalue weighted by atomic mass is 9.99. The van der Waals surface area contributed by atoms with Crippen molar-refractivity contribution in [3.63, 3.8) is 0 Å². The number of amides is 1. The molecule has 22 heavy (non-hydrogen) atoms. The minimum Gasteiger partial charge on any atom is -0.343 e. The van der Waals surface area contributed by atoms with Crippen LogP contribution in [-0.2, 0) is 0 Å². The van der Waals surface area contributed by atoms with Gasteiger partial charge in [-0.3, -0.25) is 9.78 Å². The second-order valence-corrected chi connectivity index (χ2v) is 5.60. The van der Waals surface area contributed by atoms with Crippen molar-refractivity contribution in [2.75, 3.05) is 0 Å². The molecule has 1 aromatic heterocycles. The highest BCUT2D eigenvalue weighted by Gasteiger charge is 2.22. The molecular weight excluding hydrogens is 310 g/mol. The molecule has 1 unspecified atom stereocenters. The molecule has 1 aromatic carbocycles. The number of halogens is 3. The van der Waals surface area contributed by atoms with E-state index in [0.29, 0.717) is 5.69 Å². The van der Waals surface area contributed by atoms with Gasteiger partial charge in [-0.1, -0.05) is 31.5 Å². The van der Waals surface area contributed by atoms with E-state index in [1.165, 1.54) is 0 Å². The molecule has 1 N–H and O–H groups in total. The van der Waals surface area contributed by atoms with Crippen LogP contribution in [0.3, 0.4) is 0 Å². The van der Waals surface area contributed by atoms with E-state index >= 15 is 0 Å². The van der Waals surface area contributed by atoms with Gasteiger partial charge in [0.05, 0.1) is 22.3 Å². The highest BCUT2D eigenvalue weighted by molar-refractivity contribution is 6.33. The van der Waals surface area contributed by atoms with E-state index in [2.05, 4.69) is 10.3 Å². The molecule has 0 radical (unpaired) electrons. The van der Waals surface area contributed by atoms with Gasteiger partial charge in [0.2, 0.25) is 0 Å². The molecule has 1 heterocycles. The minimum absolute atomic E-state index is 0.0583. The average Bonchev–Trinajstić information content (AvgIpc) is 2.48. The maximum Gasteiger partial charge on any atom is 0.253 e. The van der Waals surface area contributed by atoms with Gasteiger partial charge in [0.25, 0.3) is 5.91 Å². The Bertz CT molecular complexity index is 677. The first kappa shape index (κ1) is 16.4. The van der Waals surface area contributed by atoms with E-state index in [1.54, 1.807) is 18.3 Å². The molecule has 3 nitrogen and oxygen atoms in total. The zero-order chi connectivity index (χ0) is 16.3. The fraction of sp³-hybridized carbons (Fsp3) is 0.250. The number of hydrogen-bond donors (Lipinski definition) is 1. The summed E-state index contributed by atoms with van der Waals surface area (Å²) in [5, 5.41) is 2.62. The zero-order valence-corrected chi connectivity index (χ0v) is 12.9. The number of nitrogens with zero attached hydrogens (tertiary/aromatic N) is 1. The summed E-state index contributed by atoms with van der Waals surface area (Å²) in [6.45, 7) is 3.85. The number of nitrogens with one attached hydrogen (secondary N) is 1. The molecule has 0 aliphatic rings. The van der Waals surface area contributed by atoms with E-state index in [-0.39, 0.29) is 22.5 Å². The Kier molecular flexibility index (Phi) is 5.08. The van der Waals surface area contributed by atoms with Crippen molar-refractivity contribution < 1.29 is 13.6 Å². The van der Waals surface area contributed by atoms with Crippen LogP contribution in [0.25, 0.3) is 0 Å². The lowest BCUT2D eigenvalue weighted by Crippen LogP contribution is -2.32. The molecule has 0 aliphatic carbocycles. The topological polar surface area (TPSA) is 42.0 Å². The summed E-state index contributed by atoms with van der Waals surface area (Å²) in [5.74, 6) is -2.73. The Morgan fingerprint density at radius 1 is 1.23 bits per heavy atom. The van der Waals surface area contributed by atoms with Gasteiger partial charge in [0.1, 0.15) is 0 Å². The summed E-state index contributed by atoms with van der Waals surface area (Å²) in [6.07, 6.45) is 1.63. The molecular formula is C16H15ClF2N2O. The van der Waals surface area contributed by atoms with Crippen LogP contribution >= 0.6 is 11.6 Å². The van der Waals surface area contributed by atoms with E-state index in [1.807, 2.05) is 19.9 Å². The van der Waals surface area contributed by atoms with Gasteiger partial charge in [-0.05, 0) is 30.2 Å². The van der Waals surface area contributed by atoms with Crippen LogP contribution in [0, 0.1) is 17.6 Å². The summed E-state index contributed by atoms with van der Waals surface area (Å²) >= 11 is 5.82. The molecule has 0 fully saturated rings. The van der Waals surface area contributed by atoms with E-state index in [4.69, 9.17) is 11.6 Å². The van der Waals surface area contributed by atoms with Crippen molar-refractivity contribution in [2.45, 2.75) is 19.9 Å². The fourth-order valence-electron chi connectivity index (χ4n) is 2.06. The van der Waals surface area contributed by atoms with Gasteiger partial charge in [-0.2, -0.15) is 0 Å². The molecule has 2 aromatic rings. The number of benzene rings is 1. The van der Waals surface area contributed by atoms with Crippen LogP contribution in [-0.4, -0.2) is 10.9 Å². The number of pyridine rings is 1. The van der Waals surface area contributed by atoms with E-state index < -0.39 is 17.5 Å². The largest absolute Gasteiger partial charge is 0.343 e. The molecule has 6 heteroatoms. The van der Waals surface area contributed by atoms with Crippen molar-refractivity contribution in [3.05, 3.63) is 64.4 Å². The van der Waals surface area contributed by atoms with Crippen LogP contribution in [0.5, 0.6) is 0 Å². The first-order chi connectivity index (χ1) is 10.4. The monoisotopic (exact) mass is 324 g/mol. The third kappa shape index (κ3) is 3.60. The quantitative estimate of drug-likeness (QED) is 0.859. The van der Waals surface area contributed by atoms with Gasteiger partial charge in [0.15, 0.2) is 11.6 Å². The van der Waals surface area contributed by atoms with Crippen molar-refractivity contribution in [1.82, 2.24) is 10.3 Å². The number of rotatable bonds is 4. The SMILES string of the molecule is CC(C)C(NC(=O)c1cc(F)c(F)cc1Cl)c1ccccn1. The Morgan fingerprint density at radius 2 is 1.91 bits per heavy atom. The third-order valence-electron chi connectivity index (χ3n) is 3.21. The highest BCUT2D eigenvalue weighted by atomic mass is 35.5. The van der Waals surface area contributed by atoms with Gasteiger partial charge < -0.3 is 5.32 Å². The van der Waals surface area contributed by atoms with Crippen LogP contribution < -0.4 is 5.32 Å². The Hall–Kier alpha value is -2.01. The van der Waals surface area contributed by atoms with Crippen LogP contribution in [0.1, 0.15) is 35.9 Å². The number of hydrogen-bond acceptors (Lipinski definition) is 2. The van der Waals surface area contributed by atoms with E-state index in [0.717, 1.165) is 12.1 Å². The second kappa shape index (κ2) is 6.83. The van der Waals surface area contributed by atoms with Gasteiger partial charge >= 0.3 is 0 Å². The molecule has 0 aliphatic heterocycles. The van der Waals surface area contributed by atoms with Crippen molar-refractivity contribution >= 4 is 17.5 Å². The maximum absolute atomic E-state index is 13.3. The van der Waals surface area contributed by atoms with E-state index in [9.17, 15) is 13.6 Å². The number of carbonyl (C=O) groups is 1. The molecule has 0 spiro atoms. The first-order valence-electron chi connectivity index (χ1n) is 6.76. The zero-order valence-electron chi connectivity index (χ0n) is 12.1. The van der Waals surface area contributed by atoms with Gasteiger partial charge in [-0.25, -0.2) is 8.78 Å². The lowest BCUT2D eigenvalue weighted by molar-refractivity contribution is 0.0924. The molecule has 116 valence electrons. The smallest absolute Gasteiger partial charge is 0.253 e. The summed E-state index contributed by atoms with van der Waals surface area (Å²) in [4.78, 5) is 16.5. The Labute approximate surface area is 132 Å². The average molecular weight is 325 g/mol. The summed E-state index contributed by atoms with van der Waals surface area (Å²) in [7, 11) is 0. The summed E-state index contributed by atoms with van der Waals surface area (Å²) < 4.78 is 26.4. The molecule has 0 saturated heterocycles. The predicted octanol–water partition coefficient (Wildman–Crippen LogP) is 4.14. The number of carbonyl (C=O) groups excluding carboxylic acids is 1. The Morgan fingerprint density at radius 3 is 2.50 bits per heavy atom. The Balaban J connectivity index is 2.28. The molecule has 0 saturated carbocycles. The summed E-state index contributed by atoms with van der Waals surface area (Å²) in [6, 6.07) is 6.60. The number of aromatic nitrogens is 1. The van der Waals surface area contributed by atoms with Crippen LogP contribution in [0.15, 0.2) is 36.5 Å². The fourth-order valence-corrected chi connectivity index (χ4v) is 2.29. The third-order valence-corrected chi connectivity index (χ3v) is 3.53. The first-order valence-corrected chi connectivity index (χ1v) is 7.14. The van der Waals surface area contributed by atoms with Crippen LogP contribution in [0.4, 0.5) is 8.78 Å². The van der Waals surface area contributed by atoms with Crippen LogP contribution in [0.2, 0.25) is 5.02 Å². The normalized spacial score (nSPS) is 12.3. The van der Waals surface area contributed by atoms with Crippen molar-refractivity contribution in [2.24, 2.45) is 5.92 Å². The summed E-state index contributed by atoms with van der Waals surface area (Å²) in [5.41, 5.74) is 0.576. The van der Waals surface area contributed by atoms with Crippen molar-refractivity contribution in [1.29, 1.82) is 0 Å². The standard InChI is InChI=1S/C16H15ClF2N2O/c1-9(2)15(14-5-3-4-6-20-14)21-16(22)10-7-12(18)13(19)8-11(10)17/h3-9,15H,1-2H3,(H,21,22). The molecule has 1 atom stereocenters. The molecule has 0 bridgehead atoms. The maximum atomic E-state index is 13.3. The lowest BCUT2D eigenvalue weighted by Gasteiger charge is -2.22. The minimum atomic E-state index is -1.12. The second-order valence-electron chi connectivity index (χ2n) is 5.20.